The van der Waals surface area contributed by atoms with Gasteiger partial charge in [-0.05, 0) is 51.5 Å². The Morgan fingerprint density at radius 3 is 2.70 bits per heavy atom. The molecule has 0 unspecified atom stereocenters. The lowest BCUT2D eigenvalue weighted by Gasteiger charge is -2.11. The van der Waals surface area contributed by atoms with E-state index in [0.717, 1.165) is 36.7 Å². The van der Waals surface area contributed by atoms with Gasteiger partial charge in [0, 0.05) is 18.1 Å². The van der Waals surface area contributed by atoms with Crippen molar-refractivity contribution in [2.24, 2.45) is 11.5 Å². The first-order chi connectivity index (χ1) is 11.0. The standard InChI is InChI=1S/C18H28N4O/c1-21(2)12-10-14-13-22(17-9-4-3-7-15(14)17)18(23)16(20)8-5-6-11-19/h3-4,7,9,13,16H,5-6,8,10-12,19-20H2,1-2H3/t16-/m0/s1. The van der Waals surface area contributed by atoms with Crippen LogP contribution in [0.5, 0.6) is 0 Å². The number of carbonyl (C=O) groups is 1. The number of unbranched alkanes of at least 4 members (excludes halogenated alkanes) is 1. The van der Waals surface area contributed by atoms with Crippen LogP contribution in [-0.4, -0.2) is 48.6 Å². The monoisotopic (exact) mass is 316 g/mol. The van der Waals surface area contributed by atoms with Gasteiger partial charge in [-0.1, -0.05) is 24.6 Å². The molecule has 1 atom stereocenters. The highest BCUT2D eigenvalue weighted by Gasteiger charge is 2.19. The number of para-hydroxylation sites is 1. The molecule has 0 bridgehead atoms. The molecule has 0 aliphatic carbocycles. The number of rotatable bonds is 8. The van der Waals surface area contributed by atoms with Gasteiger partial charge >= 0.3 is 0 Å². The van der Waals surface area contributed by atoms with Crippen molar-refractivity contribution < 1.29 is 4.79 Å². The van der Waals surface area contributed by atoms with Crippen molar-refractivity contribution in [2.75, 3.05) is 27.2 Å². The van der Waals surface area contributed by atoms with E-state index in [2.05, 4.69) is 25.1 Å². The number of fused-ring (bicyclic) bond motifs is 1. The second kappa shape index (κ2) is 8.24. The quantitative estimate of drug-likeness (QED) is 0.729. The van der Waals surface area contributed by atoms with Gasteiger partial charge in [0.2, 0.25) is 5.91 Å². The normalized spacial score (nSPS) is 12.9. The van der Waals surface area contributed by atoms with Crippen molar-refractivity contribution in [3.8, 4) is 0 Å². The molecule has 1 heterocycles. The molecule has 0 spiro atoms. The number of carbonyl (C=O) groups excluding carboxylic acids is 1. The van der Waals surface area contributed by atoms with E-state index in [9.17, 15) is 4.79 Å². The second-order valence-electron chi connectivity index (χ2n) is 6.32. The fourth-order valence-electron chi connectivity index (χ4n) is 2.79. The van der Waals surface area contributed by atoms with Crippen LogP contribution >= 0.6 is 0 Å². The van der Waals surface area contributed by atoms with Gasteiger partial charge in [-0.15, -0.1) is 0 Å². The summed E-state index contributed by atoms with van der Waals surface area (Å²) in [7, 11) is 4.11. The van der Waals surface area contributed by atoms with Crippen molar-refractivity contribution in [3.05, 3.63) is 36.0 Å². The van der Waals surface area contributed by atoms with Crippen LogP contribution in [-0.2, 0) is 6.42 Å². The van der Waals surface area contributed by atoms with Crippen molar-refractivity contribution in [1.29, 1.82) is 0 Å². The molecule has 0 aliphatic heterocycles. The van der Waals surface area contributed by atoms with E-state index >= 15 is 0 Å². The number of likely N-dealkylation sites (N-methyl/N-ethyl adjacent to an activating group) is 1. The number of benzene rings is 1. The van der Waals surface area contributed by atoms with Crippen molar-refractivity contribution in [1.82, 2.24) is 9.47 Å². The number of hydrogen-bond acceptors (Lipinski definition) is 4. The van der Waals surface area contributed by atoms with Gasteiger partial charge in [-0.2, -0.15) is 0 Å². The van der Waals surface area contributed by atoms with Gasteiger partial charge in [-0.25, -0.2) is 0 Å². The van der Waals surface area contributed by atoms with Crippen LogP contribution in [0.3, 0.4) is 0 Å². The Kier molecular flexibility index (Phi) is 6.33. The first-order valence-corrected chi connectivity index (χ1v) is 8.28. The number of aromatic nitrogens is 1. The van der Waals surface area contributed by atoms with E-state index in [-0.39, 0.29) is 5.91 Å². The fourth-order valence-corrected chi connectivity index (χ4v) is 2.79. The van der Waals surface area contributed by atoms with Crippen LogP contribution in [0, 0.1) is 0 Å². The average molecular weight is 316 g/mol. The fraction of sp³-hybridized carbons (Fsp3) is 0.500. The molecule has 5 nitrogen and oxygen atoms in total. The molecule has 1 aromatic carbocycles. The number of hydrogen-bond donors (Lipinski definition) is 2. The van der Waals surface area contributed by atoms with Crippen molar-refractivity contribution in [2.45, 2.75) is 31.7 Å². The van der Waals surface area contributed by atoms with E-state index < -0.39 is 6.04 Å². The third-order valence-corrected chi connectivity index (χ3v) is 4.15. The molecule has 126 valence electrons. The minimum absolute atomic E-state index is 0.0330. The van der Waals surface area contributed by atoms with Crippen LogP contribution in [0.4, 0.5) is 0 Å². The second-order valence-corrected chi connectivity index (χ2v) is 6.32. The molecule has 1 aromatic heterocycles. The van der Waals surface area contributed by atoms with E-state index in [4.69, 9.17) is 11.5 Å². The SMILES string of the molecule is CN(C)CCc1cn(C(=O)[C@@H](N)CCCCN)c2ccccc12. The maximum atomic E-state index is 12.7. The molecular weight excluding hydrogens is 288 g/mol. The van der Waals surface area contributed by atoms with Gasteiger partial charge < -0.3 is 16.4 Å². The Bertz CT molecular complexity index is 648. The van der Waals surface area contributed by atoms with Crippen LogP contribution < -0.4 is 11.5 Å². The molecular formula is C18H28N4O. The molecule has 23 heavy (non-hydrogen) atoms. The first kappa shape index (κ1) is 17.7. The molecule has 0 aliphatic rings. The molecule has 4 N–H and O–H groups in total. The van der Waals surface area contributed by atoms with Crippen molar-refractivity contribution >= 4 is 16.8 Å². The molecule has 0 saturated heterocycles. The lowest BCUT2D eigenvalue weighted by molar-refractivity contribution is 0.0879. The first-order valence-electron chi connectivity index (χ1n) is 8.28. The van der Waals surface area contributed by atoms with Crippen LogP contribution in [0.2, 0.25) is 0 Å². The van der Waals surface area contributed by atoms with Gasteiger partial charge in [0.15, 0.2) is 0 Å². The van der Waals surface area contributed by atoms with Crippen LogP contribution in [0.25, 0.3) is 10.9 Å². The summed E-state index contributed by atoms with van der Waals surface area (Å²) in [6, 6.07) is 7.56. The van der Waals surface area contributed by atoms with Gasteiger partial charge in [0.1, 0.15) is 0 Å². The minimum Gasteiger partial charge on any atom is -0.330 e. The number of nitrogens with zero attached hydrogens (tertiary/aromatic N) is 2. The third-order valence-electron chi connectivity index (χ3n) is 4.15. The Morgan fingerprint density at radius 1 is 1.26 bits per heavy atom. The zero-order chi connectivity index (χ0) is 16.8. The predicted octanol–water partition coefficient (Wildman–Crippen LogP) is 1.84. The van der Waals surface area contributed by atoms with Crippen LogP contribution in [0.1, 0.15) is 29.6 Å². The largest absolute Gasteiger partial charge is 0.330 e. The maximum absolute atomic E-state index is 12.7. The Balaban J connectivity index is 2.24. The number of nitrogens with two attached hydrogens (primary N) is 2. The minimum atomic E-state index is -0.473. The molecule has 0 fully saturated rings. The topological polar surface area (TPSA) is 77.3 Å². The maximum Gasteiger partial charge on any atom is 0.247 e. The van der Waals surface area contributed by atoms with E-state index in [1.54, 1.807) is 4.57 Å². The highest BCUT2D eigenvalue weighted by atomic mass is 16.2. The summed E-state index contributed by atoms with van der Waals surface area (Å²) < 4.78 is 1.73. The van der Waals surface area contributed by atoms with Crippen LogP contribution in [0.15, 0.2) is 30.5 Å². The van der Waals surface area contributed by atoms with E-state index in [1.165, 1.54) is 5.56 Å². The summed E-state index contributed by atoms with van der Waals surface area (Å²) in [6.07, 6.45) is 5.34. The molecule has 0 amide bonds. The summed E-state index contributed by atoms with van der Waals surface area (Å²) in [5.41, 5.74) is 13.7. The third kappa shape index (κ3) is 4.41. The Labute approximate surface area is 138 Å². The zero-order valence-electron chi connectivity index (χ0n) is 14.2. The van der Waals surface area contributed by atoms with Crippen molar-refractivity contribution in [3.63, 3.8) is 0 Å². The Morgan fingerprint density at radius 2 is 2.00 bits per heavy atom. The zero-order valence-corrected chi connectivity index (χ0v) is 14.2. The van der Waals surface area contributed by atoms with E-state index in [0.29, 0.717) is 13.0 Å². The Hall–Kier alpha value is -1.69. The molecule has 2 aromatic rings. The summed E-state index contributed by atoms with van der Waals surface area (Å²) >= 11 is 0. The van der Waals surface area contributed by atoms with E-state index in [1.807, 2.05) is 24.4 Å². The lowest BCUT2D eigenvalue weighted by Crippen LogP contribution is -2.34. The summed E-state index contributed by atoms with van der Waals surface area (Å²) in [4.78, 5) is 14.8. The molecule has 0 saturated carbocycles. The highest BCUT2D eigenvalue weighted by molar-refractivity contribution is 5.96. The molecule has 2 rings (SSSR count). The summed E-state index contributed by atoms with van der Waals surface area (Å²) in [6.45, 7) is 1.59. The average Bonchev–Trinajstić information content (AvgIpc) is 2.91. The summed E-state index contributed by atoms with van der Waals surface area (Å²) in [5.74, 6) is -0.0330. The lowest BCUT2D eigenvalue weighted by atomic mass is 10.1. The smallest absolute Gasteiger partial charge is 0.247 e. The summed E-state index contributed by atoms with van der Waals surface area (Å²) in [5, 5.41) is 1.14. The van der Waals surface area contributed by atoms with Gasteiger partial charge in [0.25, 0.3) is 0 Å². The molecule has 0 radical (unpaired) electrons. The molecule has 5 heteroatoms. The van der Waals surface area contributed by atoms with Gasteiger partial charge in [0.05, 0.1) is 11.6 Å². The highest BCUT2D eigenvalue weighted by Crippen LogP contribution is 2.22. The van der Waals surface area contributed by atoms with Gasteiger partial charge in [-0.3, -0.25) is 9.36 Å². The predicted molar refractivity (Wildman–Crippen MR) is 95.7 cm³/mol.